The minimum Gasteiger partial charge on any atom is -0.487 e. The molecule has 0 fully saturated rings. The SMILES string of the molecule is Cc1cc(C)cc(COc2cnc3ccccc3c2)c1. The third kappa shape index (κ3) is 2.80. The topological polar surface area (TPSA) is 22.1 Å². The van der Waals surface area contributed by atoms with Gasteiger partial charge in [0.2, 0.25) is 0 Å². The molecule has 0 aliphatic carbocycles. The normalized spacial score (nSPS) is 10.7. The standard InChI is InChI=1S/C18H17NO/c1-13-7-14(2)9-15(8-13)12-20-17-10-16-5-3-4-6-18(16)19-11-17/h3-11H,12H2,1-2H3. The number of pyridine rings is 1. The second kappa shape index (κ2) is 5.33. The lowest BCUT2D eigenvalue weighted by Gasteiger charge is -2.08. The molecule has 0 saturated heterocycles. The van der Waals surface area contributed by atoms with Gasteiger partial charge in [-0.3, -0.25) is 4.98 Å². The van der Waals surface area contributed by atoms with Gasteiger partial charge in [-0.2, -0.15) is 0 Å². The maximum Gasteiger partial charge on any atom is 0.138 e. The number of ether oxygens (including phenoxy) is 1. The molecule has 0 spiro atoms. The molecule has 0 atom stereocenters. The smallest absolute Gasteiger partial charge is 0.138 e. The highest BCUT2D eigenvalue weighted by Gasteiger charge is 2.00. The molecule has 2 heteroatoms. The molecule has 1 aromatic heterocycles. The van der Waals surface area contributed by atoms with Crippen molar-refractivity contribution >= 4 is 10.9 Å². The zero-order chi connectivity index (χ0) is 13.9. The number of nitrogens with zero attached hydrogens (tertiary/aromatic N) is 1. The van der Waals surface area contributed by atoms with E-state index in [0.29, 0.717) is 6.61 Å². The minimum atomic E-state index is 0.572. The van der Waals surface area contributed by atoms with Gasteiger partial charge in [-0.25, -0.2) is 0 Å². The van der Waals surface area contributed by atoms with Crippen LogP contribution in [0.25, 0.3) is 10.9 Å². The van der Waals surface area contributed by atoms with Gasteiger partial charge in [-0.1, -0.05) is 47.5 Å². The molecule has 0 radical (unpaired) electrons. The first kappa shape index (κ1) is 12.7. The molecule has 0 saturated carbocycles. The highest BCUT2D eigenvalue weighted by molar-refractivity contribution is 5.79. The van der Waals surface area contributed by atoms with Crippen molar-refractivity contribution in [3.63, 3.8) is 0 Å². The van der Waals surface area contributed by atoms with Crippen LogP contribution in [0.2, 0.25) is 0 Å². The summed E-state index contributed by atoms with van der Waals surface area (Å²) in [5.74, 6) is 0.808. The Bertz CT molecular complexity index is 729. The van der Waals surface area contributed by atoms with Gasteiger partial charge in [0.15, 0.2) is 0 Å². The van der Waals surface area contributed by atoms with Crippen LogP contribution < -0.4 is 4.74 Å². The predicted molar refractivity (Wildman–Crippen MR) is 82.0 cm³/mol. The van der Waals surface area contributed by atoms with E-state index in [0.717, 1.165) is 16.7 Å². The van der Waals surface area contributed by atoms with Crippen LogP contribution in [0.15, 0.2) is 54.7 Å². The van der Waals surface area contributed by atoms with Gasteiger partial charge in [0.1, 0.15) is 12.4 Å². The van der Waals surface area contributed by atoms with Crippen LogP contribution in [0.5, 0.6) is 5.75 Å². The van der Waals surface area contributed by atoms with Crippen molar-refractivity contribution in [1.82, 2.24) is 4.98 Å². The molecule has 1 heterocycles. The average molecular weight is 263 g/mol. The maximum absolute atomic E-state index is 5.85. The lowest BCUT2D eigenvalue weighted by molar-refractivity contribution is 0.305. The Hall–Kier alpha value is -2.35. The molecule has 3 rings (SSSR count). The molecule has 0 bridgehead atoms. The van der Waals surface area contributed by atoms with Crippen LogP contribution >= 0.6 is 0 Å². The highest BCUT2D eigenvalue weighted by atomic mass is 16.5. The molecule has 0 N–H and O–H groups in total. The third-order valence-electron chi connectivity index (χ3n) is 3.25. The summed E-state index contributed by atoms with van der Waals surface area (Å²) < 4.78 is 5.85. The molecule has 0 unspecified atom stereocenters. The van der Waals surface area contributed by atoms with Gasteiger partial charge in [0.25, 0.3) is 0 Å². The fourth-order valence-corrected chi connectivity index (χ4v) is 2.45. The molecule has 2 nitrogen and oxygen atoms in total. The summed E-state index contributed by atoms with van der Waals surface area (Å²) in [7, 11) is 0. The summed E-state index contributed by atoms with van der Waals surface area (Å²) in [5, 5.41) is 1.10. The molecule has 100 valence electrons. The van der Waals surface area contributed by atoms with Crippen LogP contribution in [-0.4, -0.2) is 4.98 Å². The van der Waals surface area contributed by atoms with E-state index in [-0.39, 0.29) is 0 Å². The zero-order valence-corrected chi connectivity index (χ0v) is 11.8. The fourth-order valence-electron chi connectivity index (χ4n) is 2.45. The van der Waals surface area contributed by atoms with Crippen molar-refractivity contribution < 1.29 is 4.74 Å². The average Bonchev–Trinajstić information content (AvgIpc) is 2.44. The number of rotatable bonds is 3. The Kier molecular flexibility index (Phi) is 3.38. The predicted octanol–water partition coefficient (Wildman–Crippen LogP) is 4.43. The van der Waals surface area contributed by atoms with Gasteiger partial charge in [-0.15, -0.1) is 0 Å². The molecular formula is C18H17NO. The number of hydrogen-bond donors (Lipinski definition) is 0. The van der Waals surface area contributed by atoms with Gasteiger partial charge >= 0.3 is 0 Å². The van der Waals surface area contributed by atoms with Crippen LogP contribution in [-0.2, 0) is 6.61 Å². The largest absolute Gasteiger partial charge is 0.487 e. The third-order valence-corrected chi connectivity index (χ3v) is 3.25. The lowest BCUT2D eigenvalue weighted by Crippen LogP contribution is -1.97. The summed E-state index contributed by atoms with van der Waals surface area (Å²) in [6.07, 6.45) is 1.78. The van der Waals surface area contributed by atoms with E-state index in [1.165, 1.54) is 16.7 Å². The van der Waals surface area contributed by atoms with Crippen molar-refractivity contribution in [3.8, 4) is 5.75 Å². The number of benzene rings is 2. The summed E-state index contributed by atoms with van der Waals surface area (Å²) in [6.45, 7) is 4.78. The molecule has 0 aliphatic heterocycles. The lowest BCUT2D eigenvalue weighted by atomic mass is 10.1. The monoisotopic (exact) mass is 263 g/mol. The zero-order valence-electron chi connectivity index (χ0n) is 11.8. The van der Waals surface area contributed by atoms with E-state index in [4.69, 9.17) is 4.74 Å². The first-order chi connectivity index (χ1) is 9.70. The molecule has 20 heavy (non-hydrogen) atoms. The van der Waals surface area contributed by atoms with Crippen molar-refractivity contribution in [2.24, 2.45) is 0 Å². The van der Waals surface area contributed by atoms with Crippen molar-refractivity contribution in [2.45, 2.75) is 20.5 Å². The summed E-state index contributed by atoms with van der Waals surface area (Å²) in [6, 6.07) is 16.6. The van der Waals surface area contributed by atoms with Crippen LogP contribution in [0.1, 0.15) is 16.7 Å². The first-order valence-electron chi connectivity index (χ1n) is 6.75. The van der Waals surface area contributed by atoms with E-state index < -0.39 is 0 Å². The summed E-state index contributed by atoms with van der Waals surface area (Å²) in [5.41, 5.74) is 4.71. The first-order valence-corrected chi connectivity index (χ1v) is 6.75. The van der Waals surface area contributed by atoms with E-state index >= 15 is 0 Å². The Morgan fingerprint density at radius 3 is 2.50 bits per heavy atom. The Morgan fingerprint density at radius 1 is 0.950 bits per heavy atom. The van der Waals surface area contributed by atoms with Crippen molar-refractivity contribution in [3.05, 3.63) is 71.4 Å². The van der Waals surface area contributed by atoms with Gasteiger partial charge in [0.05, 0.1) is 11.7 Å². The highest BCUT2D eigenvalue weighted by Crippen LogP contribution is 2.19. The van der Waals surface area contributed by atoms with Gasteiger partial charge in [-0.05, 0) is 31.5 Å². The number of aryl methyl sites for hydroxylation is 2. The van der Waals surface area contributed by atoms with Crippen molar-refractivity contribution in [2.75, 3.05) is 0 Å². The van der Waals surface area contributed by atoms with Crippen LogP contribution in [0, 0.1) is 13.8 Å². The Morgan fingerprint density at radius 2 is 1.70 bits per heavy atom. The summed E-state index contributed by atoms with van der Waals surface area (Å²) >= 11 is 0. The Labute approximate surface area is 119 Å². The van der Waals surface area contributed by atoms with E-state index in [9.17, 15) is 0 Å². The minimum absolute atomic E-state index is 0.572. The van der Waals surface area contributed by atoms with E-state index in [1.807, 2.05) is 30.3 Å². The Balaban J connectivity index is 1.79. The number of aromatic nitrogens is 1. The molecule has 3 aromatic rings. The van der Waals surface area contributed by atoms with E-state index in [1.54, 1.807) is 6.20 Å². The fraction of sp³-hybridized carbons (Fsp3) is 0.167. The van der Waals surface area contributed by atoms with E-state index in [2.05, 4.69) is 37.0 Å². The summed E-state index contributed by atoms with van der Waals surface area (Å²) in [4.78, 5) is 4.40. The maximum atomic E-state index is 5.85. The number of para-hydroxylation sites is 1. The van der Waals surface area contributed by atoms with Gasteiger partial charge in [0, 0.05) is 5.39 Å². The quantitative estimate of drug-likeness (QED) is 0.697. The van der Waals surface area contributed by atoms with Crippen LogP contribution in [0.4, 0.5) is 0 Å². The van der Waals surface area contributed by atoms with Crippen LogP contribution in [0.3, 0.4) is 0 Å². The van der Waals surface area contributed by atoms with Gasteiger partial charge < -0.3 is 4.74 Å². The molecule has 0 amide bonds. The number of fused-ring (bicyclic) bond motifs is 1. The number of hydrogen-bond acceptors (Lipinski definition) is 2. The van der Waals surface area contributed by atoms with Crippen molar-refractivity contribution in [1.29, 1.82) is 0 Å². The molecule has 2 aromatic carbocycles. The second-order valence-electron chi connectivity index (χ2n) is 5.15. The molecule has 0 aliphatic rings. The molecular weight excluding hydrogens is 246 g/mol. The second-order valence-corrected chi connectivity index (χ2v) is 5.15.